The van der Waals surface area contributed by atoms with Crippen molar-refractivity contribution in [3.63, 3.8) is 0 Å². The number of piperazine rings is 1. The van der Waals surface area contributed by atoms with Gasteiger partial charge in [0.25, 0.3) is 0 Å². The van der Waals surface area contributed by atoms with Crippen molar-refractivity contribution in [1.82, 2.24) is 4.90 Å². The van der Waals surface area contributed by atoms with Gasteiger partial charge < -0.3 is 9.80 Å². The molecule has 1 aliphatic heterocycles. The van der Waals surface area contributed by atoms with Crippen molar-refractivity contribution in [2.24, 2.45) is 0 Å². The van der Waals surface area contributed by atoms with Crippen molar-refractivity contribution < 1.29 is 14.0 Å². The number of ketones is 1. The van der Waals surface area contributed by atoms with Crippen LogP contribution in [0.2, 0.25) is 0 Å². The van der Waals surface area contributed by atoms with Gasteiger partial charge in [0.15, 0.2) is 5.78 Å². The van der Waals surface area contributed by atoms with Gasteiger partial charge in [0.2, 0.25) is 5.91 Å². The minimum Gasteiger partial charge on any atom is -0.366 e. The van der Waals surface area contributed by atoms with Crippen LogP contribution in [0.4, 0.5) is 10.1 Å². The molecule has 0 aliphatic carbocycles. The first-order valence-electron chi connectivity index (χ1n) is 9.48. The van der Waals surface area contributed by atoms with Gasteiger partial charge in [0.1, 0.15) is 5.82 Å². The van der Waals surface area contributed by atoms with E-state index in [4.69, 9.17) is 0 Å². The quantitative estimate of drug-likeness (QED) is 0.730. The summed E-state index contributed by atoms with van der Waals surface area (Å²) in [6.45, 7) is 4.36. The molecule has 1 aliphatic rings. The first kappa shape index (κ1) is 19.1. The van der Waals surface area contributed by atoms with E-state index in [2.05, 4.69) is 6.92 Å². The van der Waals surface area contributed by atoms with E-state index < -0.39 is 0 Å². The summed E-state index contributed by atoms with van der Waals surface area (Å²) in [7, 11) is 0. The van der Waals surface area contributed by atoms with Crippen molar-refractivity contribution in [3.8, 4) is 0 Å². The largest absolute Gasteiger partial charge is 0.366 e. The second kappa shape index (κ2) is 8.80. The number of carbonyl (C=O) groups excluding carboxylic acids is 2. The summed E-state index contributed by atoms with van der Waals surface area (Å²) in [5.74, 6) is -0.255. The summed E-state index contributed by atoms with van der Waals surface area (Å²) in [6, 6.07) is 14.3. The van der Waals surface area contributed by atoms with Crippen molar-refractivity contribution in [2.45, 2.75) is 26.2 Å². The molecule has 2 aromatic rings. The summed E-state index contributed by atoms with van der Waals surface area (Å²) in [5, 5.41) is 0. The predicted octanol–water partition coefficient (Wildman–Crippen LogP) is 3.70. The molecule has 0 radical (unpaired) electrons. The molecule has 2 aromatic carbocycles. The molecule has 5 heteroatoms. The monoisotopic (exact) mass is 368 g/mol. The highest BCUT2D eigenvalue weighted by atomic mass is 19.1. The number of aryl methyl sites for hydroxylation is 1. The molecule has 4 nitrogen and oxygen atoms in total. The molecule has 0 atom stereocenters. The Hall–Kier alpha value is -2.69. The minimum absolute atomic E-state index is 0.00371. The summed E-state index contributed by atoms with van der Waals surface area (Å²) in [4.78, 5) is 28.4. The Kier molecular flexibility index (Phi) is 6.22. The third-order valence-electron chi connectivity index (χ3n) is 5.08. The highest BCUT2D eigenvalue weighted by Gasteiger charge is 2.23. The summed E-state index contributed by atoms with van der Waals surface area (Å²) in [6.07, 6.45) is 1.37. The molecule has 0 aromatic heterocycles. The number of Topliss-reactive ketones (excluding diaryl/α,β-unsaturated/α-hetero) is 1. The number of anilines is 1. The van der Waals surface area contributed by atoms with E-state index in [0.717, 1.165) is 6.42 Å². The summed E-state index contributed by atoms with van der Waals surface area (Å²) >= 11 is 0. The second-order valence-corrected chi connectivity index (χ2v) is 6.79. The summed E-state index contributed by atoms with van der Waals surface area (Å²) in [5.41, 5.74) is 2.43. The zero-order chi connectivity index (χ0) is 19.2. The van der Waals surface area contributed by atoms with Gasteiger partial charge >= 0.3 is 0 Å². The molecule has 142 valence electrons. The topological polar surface area (TPSA) is 40.6 Å². The average molecular weight is 368 g/mol. The molecule has 0 N–H and O–H groups in total. The van der Waals surface area contributed by atoms with Crippen LogP contribution in [0.3, 0.4) is 0 Å². The van der Waals surface area contributed by atoms with E-state index >= 15 is 0 Å². The van der Waals surface area contributed by atoms with Gasteiger partial charge in [-0.1, -0.05) is 43.3 Å². The van der Waals surface area contributed by atoms with Crippen LogP contribution in [0.25, 0.3) is 0 Å². The van der Waals surface area contributed by atoms with Gasteiger partial charge in [-0.3, -0.25) is 9.59 Å². The normalized spacial score (nSPS) is 14.3. The maximum absolute atomic E-state index is 13.9. The van der Waals surface area contributed by atoms with E-state index in [1.807, 2.05) is 35.2 Å². The minimum atomic E-state index is -0.239. The number of hydrogen-bond donors (Lipinski definition) is 0. The lowest BCUT2D eigenvalue weighted by atomic mass is 10.0. The number of halogens is 1. The van der Waals surface area contributed by atoms with Crippen LogP contribution in [-0.4, -0.2) is 42.8 Å². The lowest BCUT2D eigenvalue weighted by Crippen LogP contribution is -2.49. The molecule has 0 bridgehead atoms. The third kappa shape index (κ3) is 4.73. The van der Waals surface area contributed by atoms with Crippen LogP contribution in [0.1, 0.15) is 35.7 Å². The maximum Gasteiger partial charge on any atom is 0.223 e. The fourth-order valence-electron chi connectivity index (χ4n) is 3.35. The molecule has 0 spiro atoms. The molecular weight excluding hydrogens is 343 g/mol. The van der Waals surface area contributed by atoms with Gasteiger partial charge in [0, 0.05) is 44.6 Å². The van der Waals surface area contributed by atoms with E-state index in [0.29, 0.717) is 37.4 Å². The lowest BCUT2D eigenvalue weighted by molar-refractivity contribution is -0.131. The summed E-state index contributed by atoms with van der Waals surface area (Å²) < 4.78 is 13.9. The lowest BCUT2D eigenvalue weighted by Gasteiger charge is -2.36. The SMILES string of the molecule is CCc1ccc(C(=O)CCC(=O)N2CCN(c3ccccc3F)CC2)cc1. The Labute approximate surface area is 159 Å². The van der Waals surface area contributed by atoms with Crippen molar-refractivity contribution in [3.05, 3.63) is 65.5 Å². The number of hydrogen-bond acceptors (Lipinski definition) is 3. The first-order valence-corrected chi connectivity index (χ1v) is 9.48. The van der Waals surface area contributed by atoms with Gasteiger partial charge in [-0.15, -0.1) is 0 Å². The second-order valence-electron chi connectivity index (χ2n) is 6.79. The smallest absolute Gasteiger partial charge is 0.223 e. The predicted molar refractivity (Wildman–Crippen MR) is 105 cm³/mol. The molecule has 27 heavy (non-hydrogen) atoms. The Bertz CT molecular complexity index is 796. The molecule has 3 rings (SSSR count). The molecule has 1 fully saturated rings. The maximum atomic E-state index is 13.9. The van der Waals surface area contributed by atoms with Crippen LogP contribution < -0.4 is 4.90 Å². The number of carbonyl (C=O) groups is 2. The number of nitrogens with zero attached hydrogens (tertiary/aromatic N) is 2. The zero-order valence-electron chi connectivity index (χ0n) is 15.7. The molecule has 1 saturated heterocycles. The van der Waals surface area contributed by atoms with Gasteiger partial charge in [-0.2, -0.15) is 0 Å². The molecule has 0 saturated carbocycles. The molecule has 1 amide bonds. The van der Waals surface area contributed by atoms with Crippen LogP contribution in [0.5, 0.6) is 0 Å². The Morgan fingerprint density at radius 2 is 1.59 bits per heavy atom. The van der Waals surface area contributed by atoms with Crippen LogP contribution in [0, 0.1) is 5.82 Å². The number of para-hydroxylation sites is 1. The first-order chi connectivity index (χ1) is 13.1. The molecule has 0 unspecified atom stereocenters. The average Bonchev–Trinajstić information content (AvgIpc) is 2.72. The van der Waals surface area contributed by atoms with E-state index in [1.54, 1.807) is 17.0 Å². The standard InChI is InChI=1S/C22H25FN2O2/c1-2-17-7-9-18(10-8-17)21(26)11-12-22(27)25-15-13-24(14-16-25)20-6-4-3-5-19(20)23/h3-10H,2,11-16H2,1H3. The van der Waals surface area contributed by atoms with Crippen molar-refractivity contribution in [1.29, 1.82) is 0 Å². The Morgan fingerprint density at radius 3 is 2.22 bits per heavy atom. The van der Waals surface area contributed by atoms with Crippen molar-refractivity contribution in [2.75, 3.05) is 31.1 Å². The zero-order valence-corrected chi connectivity index (χ0v) is 15.7. The molecular formula is C22H25FN2O2. The number of rotatable bonds is 6. The van der Waals surface area contributed by atoms with Crippen LogP contribution >= 0.6 is 0 Å². The molecule has 1 heterocycles. The number of benzene rings is 2. The van der Waals surface area contributed by atoms with Gasteiger partial charge in [0.05, 0.1) is 5.69 Å². The van der Waals surface area contributed by atoms with Gasteiger partial charge in [-0.25, -0.2) is 4.39 Å². The van der Waals surface area contributed by atoms with Crippen LogP contribution in [0.15, 0.2) is 48.5 Å². The highest BCUT2D eigenvalue weighted by Crippen LogP contribution is 2.20. The van der Waals surface area contributed by atoms with E-state index in [-0.39, 0.29) is 30.3 Å². The third-order valence-corrected chi connectivity index (χ3v) is 5.08. The van der Waals surface area contributed by atoms with E-state index in [9.17, 15) is 14.0 Å². The highest BCUT2D eigenvalue weighted by molar-refractivity contribution is 5.98. The van der Waals surface area contributed by atoms with Crippen LogP contribution in [-0.2, 0) is 11.2 Å². The van der Waals surface area contributed by atoms with E-state index in [1.165, 1.54) is 11.6 Å². The fourth-order valence-corrected chi connectivity index (χ4v) is 3.35. The Morgan fingerprint density at radius 1 is 0.926 bits per heavy atom. The Balaban J connectivity index is 1.48. The fraction of sp³-hybridized carbons (Fsp3) is 0.364. The van der Waals surface area contributed by atoms with Gasteiger partial charge in [-0.05, 0) is 24.1 Å². The number of amides is 1. The van der Waals surface area contributed by atoms with Crippen molar-refractivity contribution >= 4 is 17.4 Å².